The standard InChI is InChI=1S/C14H22BrNO2S/c1-17-7-5-16-10-14(4-2-6-18-11-14)9-13-12(15)3-8-19-13/h3,8,16H,2,4-7,9-11H2,1H3. The SMILES string of the molecule is COCCNCC1(Cc2sccc2Br)CCCOC1. The van der Waals surface area contributed by atoms with E-state index in [1.807, 2.05) is 11.3 Å². The average molecular weight is 348 g/mol. The fourth-order valence-corrected chi connectivity index (χ4v) is 4.24. The van der Waals surface area contributed by atoms with E-state index in [0.29, 0.717) is 0 Å². The Balaban J connectivity index is 1.96. The monoisotopic (exact) mass is 347 g/mol. The molecule has 0 spiro atoms. The molecule has 108 valence electrons. The van der Waals surface area contributed by atoms with Crippen molar-refractivity contribution in [2.45, 2.75) is 19.3 Å². The molecule has 0 bridgehead atoms. The van der Waals surface area contributed by atoms with Gasteiger partial charge in [0, 0.05) is 41.6 Å². The smallest absolute Gasteiger partial charge is 0.0587 e. The molecule has 1 unspecified atom stereocenters. The molecule has 3 nitrogen and oxygen atoms in total. The molecule has 0 aromatic carbocycles. The van der Waals surface area contributed by atoms with Gasteiger partial charge in [-0.15, -0.1) is 11.3 Å². The largest absolute Gasteiger partial charge is 0.383 e. The molecule has 0 amide bonds. The summed E-state index contributed by atoms with van der Waals surface area (Å²) < 4.78 is 12.1. The van der Waals surface area contributed by atoms with Crippen molar-refractivity contribution in [3.05, 3.63) is 20.8 Å². The van der Waals surface area contributed by atoms with Crippen LogP contribution in [0.25, 0.3) is 0 Å². The summed E-state index contributed by atoms with van der Waals surface area (Å²) in [6, 6.07) is 2.13. The zero-order valence-electron chi connectivity index (χ0n) is 11.4. The van der Waals surface area contributed by atoms with Crippen LogP contribution in [0.2, 0.25) is 0 Å². The van der Waals surface area contributed by atoms with E-state index in [4.69, 9.17) is 9.47 Å². The summed E-state index contributed by atoms with van der Waals surface area (Å²) in [7, 11) is 1.74. The van der Waals surface area contributed by atoms with Gasteiger partial charge in [-0.05, 0) is 46.6 Å². The fraction of sp³-hybridized carbons (Fsp3) is 0.714. The lowest BCUT2D eigenvalue weighted by molar-refractivity contribution is -0.00736. The molecule has 1 fully saturated rings. The summed E-state index contributed by atoms with van der Waals surface area (Å²) >= 11 is 5.47. The number of halogens is 1. The quantitative estimate of drug-likeness (QED) is 0.768. The summed E-state index contributed by atoms with van der Waals surface area (Å²) in [4.78, 5) is 1.43. The summed E-state index contributed by atoms with van der Waals surface area (Å²) in [5, 5.41) is 5.66. The van der Waals surface area contributed by atoms with Crippen molar-refractivity contribution in [3.63, 3.8) is 0 Å². The van der Waals surface area contributed by atoms with Crippen LogP contribution in [0, 0.1) is 5.41 Å². The molecule has 5 heteroatoms. The average Bonchev–Trinajstić information content (AvgIpc) is 2.81. The van der Waals surface area contributed by atoms with Crippen LogP contribution in [0.4, 0.5) is 0 Å². The van der Waals surface area contributed by atoms with Gasteiger partial charge in [-0.25, -0.2) is 0 Å². The minimum absolute atomic E-state index is 0.235. The third-order valence-corrected chi connectivity index (χ3v) is 5.54. The molecule has 2 rings (SSSR count). The lowest BCUT2D eigenvalue weighted by atomic mass is 9.79. The van der Waals surface area contributed by atoms with Gasteiger partial charge in [0.1, 0.15) is 0 Å². The second-order valence-electron chi connectivity index (χ2n) is 5.19. The van der Waals surface area contributed by atoms with Crippen LogP contribution in [-0.4, -0.2) is 40.0 Å². The molecular weight excluding hydrogens is 326 g/mol. The predicted octanol–water partition coefficient (Wildman–Crippen LogP) is 3.09. The molecule has 2 heterocycles. The van der Waals surface area contributed by atoms with E-state index in [0.717, 1.165) is 45.8 Å². The Morgan fingerprint density at radius 3 is 3.11 bits per heavy atom. The van der Waals surface area contributed by atoms with Crippen molar-refractivity contribution in [1.82, 2.24) is 5.32 Å². The number of hydrogen-bond acceptors (Lipinski definition) is 4. The van der Waals surface area contributed by atoms with E-state index < -0.39 is 0 Å². The van der Waals surface area contributed by atoms with Gasteiger partial charge in [0.15, 0.2) is 0 Å². The van der Waals surface area contributed by atoms with Gasteiger partial charge in [0.05, 0.1) is 13.2 Å². The highest BCUT2D eigenvalue weighted by Crippen LogP contribution is 2.36. The Bertz CT molecular complexity index is 377. The number of hydrogen-bond donors (Lipinski definition) is 1. The van der Waals surface area contributed by atoms with Crippen LogP contribution in [-0.2, 0) is 15.9 Å². The third kappa shape index (κ3) is 4.53. The number of thiophene rings is 1. The lowest BCUT2D eigenvalue weighted by Gasteiger charge is -2.37. The summed E-state index contributed by atoms with van der Waals surface area (Å²) in [5.74, 6) is 0. The van der Waals surface area contributed by atoms with Crippen LogP contribution in [0.5, 0.6) is 0 Å². The first-order valence-corrected chi connectivity index (χ1v) is 8.42. The highest BCUT2D eigenvalue weighted by molar-refractivity contribution is 9.10. The molecular formula is C14H22BrNO2S. The number of ether oxygens (including phenoxy) is 2. The first kappa shape index (κ1) is 15.4. The van der Waals surface area contributed by atoms with Crippen LogP contribution < -0.4 is 5.32 Å². The minimum Gasteiger partial charge on any atom is -0.383 e. The van der Waals surface area contributed by atoms with Crippen molar-refractivity contribution in [3.8, 4) is 0 Å². The second-order valence-corrected chi connectivity index (χ2v) is 7.05. The van der Waals surface area contributed by atoms with E-state index in [-0.39, 0.29) is 5.41 Å². The van der Waals surface area contributed by atoms with Crippen molar-refractivity contribution in [2.75, 3.05) is 40.0 Å². The van der Waals surface area contributed by atoms with E-state index in [1.165, 1.54) is 15.8 Å². The first-order chi connectivity index (χ1) is 9.26. The van der Waals surface area contributed by atoms with E-state index in [1.54, 1.807) is 7.11 Å². The molecule has 1 aromatic heterocycles. The molecule has 19 heavy (non-hydrogen) atoms. The zero-order chi connectivity index (χ0) is 13.6. The summed E-state index contributed by atoms with van der Waals surface area (Å²) in [6.07, 6.45) is 3.48. The van der Waals surface area contributed by atoms with Gasteiger partial charge in [0.2, 0.25) is 0 Å². The number of nitrogens with one attached hydrogen (secondary N) is 1. The summed E-state index contributed by atoms with van der Waals surface area (Å²) in [6.45, 7) is 4.44. The van der Waals surface area contributed by atoms with E-state index in [9.17, 15) is 0 Å². The second kappa shape index (κ2) is 7.74. The van der Waals surface area contributed by atoms with Crippen molar-refractivity contribution in [2.24, 2.45) is 5.41 Å². The van der Waals surface area contributed by atoms with Gasteiger partial charge < -0.3 is 14.8 Å². The maximum absolute atomic E-state index is 5.75. The topological polar surface area (TPSA) is 30.5 Å². The molecule has 0 radical (unpaired) electrons. The normalized spacial score (nSPS) is 23.7. The molecule has 0 aliphatic carbocycles. The van der Waals surface area contributed by atoms with Gasteiger partial charge in [-0.1, -0.05) is 0 Å². The molecule has 1 atom stereocenters. The Labute approximate surface area is 127 Å². The van der Waals surface area contributed by atoms with E-state index >= 15 is 0 Å². The lowest BCUT2D eigenvalue weighted by Crippen LogP contribution is -2.43. The van der Waals surface area contributed by atoms with Gasteiger partial charge >= 0.3 is 0 Å². The molecule has 1 aliphatic rings. The minimum atomic E-state index is 0.235. The third-order valence-electron chi connectivity index (χ3n) is 3.61. The highest BCUT2D eigenvalue weighted by Gasteiger charge is 2.33. The fourth-order valence-electron chi connectivity index (χ4n) is 2.57. The van der Waals surface area contributed by atoms with Crippen molar-refractivity contribution < 1.29 is 9.47 Å². The van der Waals surface area contributed by atoms with Gasteiger partial charge in [-0.3, -0.25) is 0 Å². The molecule has 0 saturated carbocycles. The van der Waals surface area contributed by atoms with Gasteiger partial charge in [0.25, 0.3) is 0 Å². The Morgan fingerprint density at radius 1 is 1.58 bits per heavy atom. The number of rotatable bonds is 7. The molecule has 1 N–H and O–H groups in total. The first-order valence-electron chi connectivity index (χ1n) is 6.75. The maximum Gasteiger partial charge on any atom is 0.0587 e. The van der Waals surface area contributed by atoms with Crippen LogP contribution in [0.1, 0.15) is 17.7 Å². The van der Waals surface area contributed by atoms with Crippen LogP contribution in [0.3, 0.4) is 0 Å². The molecule has 1 saturated heterocycles. The Morgan fingerprint density at radius 2 is 2.47 bits per heavy atom. The number of methoxy groups -OCH3 is 1. The zero-order valence-corrected chi connectivity index (χ0v) is 13.8. The maximum atomic E-state index is 5.75. The molecule has 1 aromatic rings. The predicted molar refractivity (Wildman–Crippen MR) is 83.0 cm³/mol. The Kier molecular flexibility index (Phi) is 6.29. The van der Waals surface area contributed by atoms with Crippen molar-refractivity contribution >= 4 is 27.3 Å². The highest BCUT2D eigenvalue weighted by atomic mass is 79.9. The summed E-state index contributed by atoms with van der Waals surface area (Å²) in [5.41, 5.74) is 0.235. The van der Waals surface area contributed by atoms with Crippen LogP contribution >= 0.6 is 27.3 Å². The Hall–Kier alpha value is 0.0600. The van der Waals surface area contributed by atoms with Gasteiger partial charge in [-0.2, -0.15) is 0 Å². The van der Waals surface area contributed by atoms with Crippen LogP contribution in [0.15, 0.2) is 15.9 Å². The van der Waals surface area contributed by atoms with E-state index in [2.05, 4.69) is 32.7 Å². The molecule has 1 aliphatic heterocycles. The van der Waals surface area contributed by atoms with Crippen molar-refractivity contribution in [1.29, 1.82) is 0 Å².